The van der Waals surface area contributed by atoms with Crippen molar-refractivity contribution in [2.45, 2.75) is 74.4 Å². The number of piperidine rings is 1. The number of hydrogen-bond donors (Lipinski definition) is 2. The summed E-state index contributed by atoms with van der Waals surface area (Å²) in [6.45, 7) is 3.82. The number of benzene rings is 2. The number of likely N-dealkylation sites (N-methyl/N-ethyl adjacent to an activating group) is 1. The zero-order valence-corrected chi connectivity index (χ0v) is 23.2. The molecule has 218 valence electrons. The molecule has 7 rings (SSSR count). The molecule has 1 amide bonds. The third kappa shape index (κ3) is 3.88. The standard InChI is InChI=1S/C32H35F3N2O4/c1-18-16-31(40)24-15-21-9-10-23(38)28-26(21)30(31,12-13-37(24)17-20-6-7-20)29(41-28)27(18)36(2)25(39)11-8-19-4-3-5-22(14-19)32(33,34)35/h3-5,8-11,14,18,20,24,27,29,38,40H,6-7,12-13,15-17H2,1-2H3/t18-,24+,27-,29-,30-,31+/m0/s1. The number of nitrogens with zero attached hydrogens (tertiary/aromatic N) is 2. The zero-order valence-electron chi connectivity index (χ0n) is 23.2. The van der Waals surface area contributed by atoms with E-state index in [-0.39, 0.29) is 29.2 Å². The molecule has 5 aliphatic rings. The minimum absolute atomic E-state index is 0.0403. The predicted octanol–water partition coefficient (Wildman–Crippen LogP) is 4.76. The lowest BCUT2D eigenvalue weighted by Gasteiger charge is -2.66. The molecule has 0 aromatic heterocycles. The second-order valence-electron chi connectivity index (χ2n) is 12.9. The van der Waals surface area contributed by atoms with Crippen LogP contribution in [-0.4, -0.2) is 69.8 Å². The average molecular weight is 569 g/mol. The molecule has 2 aromatic rings. The van der Waals surface area contributed by atoms with Crippen LogP contribution in [0.3, 0.4) is 0 Å². The molecule has 3 aliphatic carbocycles. The summed E-state index contributed by atoms with van der Waals surface area (Å²) < 4.78 is 46.1. The molecular weight excluding hydrogens is 533 g/mol. The molecular formula is C32H35F3N2O4. The summed E-state index contributed by atoms with van der Waals surface area (Å²) in [5.41, 5.74) is -0.358. The molecule has 6 nitrogen and oxygen atoms in total. The number of amides is 1. The summed E-state index contributed by atoms with van der Waals surface area (Å²) in [6, 6.07) is 8.00. The number of carbonyl (C=O) groups excluding carboxylic acids is 1. The quantitative estimate of drug-likeness (QED) is 0.509. The second kappa shape index (κ2) is 8.98. The van der Waals surface area contributed by atoms with Crippen molar-refractivity contribution in [3.05, 3.63) is 64.7 Å². The van der Waals surface area contributed by atoms with Crippen molar-refractivity contribution in [1.29, 1.82) is 0 Å². The third-order valence-corrected chi connectivity index (χ3v) is 10.5. The number of rotatable bonds is 5. The smallest absolute Gasteiger partial charge is 0.416 e. The van der Waals surface area contributed by atoms with Gasteiger partial charge in [0.1, 0.15) is 6.10 Å². The number of phenols is 1. The lowest BCUT2D eigenvalue weighted by Crippen LogP contribution is -2.79. The van der Waals surface area contributed by atoms with Crippen molar-refractivity contribution in [1.82, 2.24) is 9.80 Å². The van der Waals surface area contributed by atoms with E-state index < -0.39 is 34.9 Å². The molecule has 2 aromatic carbocycles. The highest BCUT2D eigenvalue weighted by Crippen LogP contribution is 2.66. The van der Waals surface area contributed by atoms with Crippen LogP contribution in [0.1, 0.15) is 54.9 Å². The lowest BCUT2D eigenvalue weighted by molar-refractivity contribution is -0.212. The Kier molecular flexibility index (Phi) is 5.88. The summed E-state index contributed by atoms with van der Waals surface area (Å²) in [4.78, 5) is 17.6. The second-order valence-corrected chi connectivity index (χ2v) is 12.9. The van der Waals surface area contributed by atoms with Crippen molar-refractivity contribution < 1.29 is 32.9 Å². The Morgan fingerprint density at radius 2 is 2.02 bits per heavy atom. The van der Waals surface area contributed by atoms with Crippen molar-refractivity contribution in [2.24, 2.45) is 11.8 Å². The van der Waals surface area contributed by atoms with Gasteiger partial charge < -0.3 is 19.8 Å². The number of carbonyl (C=O) groups is 1. The Labute approximate surface area is 237 Å². The number of likely N-dealkylation sites (tertiary alicyclic amines) is 1. The molecule has 1 spiro atoms. The number of phenolic OH excluding ortho intramolecular Hbond substituents is 1. The number of ether oxygens (including phenoxy) is 1. The number of aliphatic hydroxyl groups is 1. The first-order valence-corrected chi connectivity index (χ1v) is 14.5. The van der Waals surface area contributed by atoms with Crippen molar-refractivity contribution in [3.63, 3.8) is 0 Å². The van der Waals surface area contributed by atoms with Crippen LogP contribution in [-0.2, 0) is 22.8 Å². The molecule has 41 heavy (non-hydrogen) atoms. The van der Waals surface area contributed by atoms with Crippen LogP contribution >= 0.6 is 0 Å². The third-order valence-electron chi connectivity index (χ3n) is 10.5. The summed E-state index contributed by atoms with van der Waals surface area (Å²) >= 11 is 0. The van der Waals surface area contributed by atoms with Gasteiger partial charge in [0.15, 0.2) is 11.5 Å². The van der Waals surface area contributed by atoms with E-state index in [4.69, 9.17) is 4.74 Å². The Hall–Kier alpha value is -3.04. The van der Waals surface area contributed by atoms with Crippen LogP contribution in [0.15, 0.2) is 42.5 Å². The molecule has 0 unspecified atom stereocenters. The van der Waals surface area contributed by atoms with Crippen LogP contribution in [0, 0.1) is 11.8 Å². The van der Waals surface area contributed by atoms with Gasteiger partial charge >= 0.3 is 6.18 Å². The minimum Gasteiger partial charge on any atom is -0.504 e. The van der Waals surface area contributed by atoms with E-state index in [2.05, 4.69) is 4.90 Å². The first kappa shape index (κ1) is 26.8. The number of halogens is 3. The fourth-order valence-electron chi connectivity index (χ4n) is 8.56. The van der Waals surface area contributed by atoms with Crippen LogP contribution in [0.5, 0.6) is 11.5 Å². The summed E-state index contributed by atoms with van der Waals surface area (Å²) in [7, 11) is 1.69. The molecule has 3 fully saturated rings. The van der Waals surface area contributed by atoms with Crippen molar-refractivity contribution in [3.8, 4) is 11.5 Å². The van der Waals surface area contributed by atoms with E-state index in [1.807, 2.05) is 13.0 Å². The van der Waals surface area contributed by atoms with E-state index >= 15 is 0 Å². The maximum Gasteiger partial charge on any atom is 0.416 e. The van der Waals surface area contributed by atoms with E-state index in [0.29, 0.717) is 30.9 Å². The van der Waals surface area contributed by atoms with E-state index in [0.717, 1.165) is 36.3 Å². The molecule has 2 bridgehead atoms. The van der Waals surface area contributed by atoms with Gasteiger partial charge in [0.25, 0.3) is 0 Å². The van der Waals surface area contributed by atoms with E-state index in [9.17, 15) is 28.2 Å². The maximum atomic E-state index is 13.5. The van der Waals surface area contributed by atoms with E-state index in [1.165, 1.54) is 37.1 Å². The Morgan fingerprint density at radius 3 is 2.76 bits per heavy atom. The monoisotopic (exact) mass is 568 g/mol. The molecule has 1 saturated heterocycles. The van der Waals surface area contributed by atoms with Crippen molar-refractivity contribution in [2.75, 3.05) is 20.1 Å². The topological polar surface area (TPSA) is 73.2 Å². The highest BCUT2D eigenvalue weighted by atomic mass is 19.4. The van der Waals surface area contributed by atoms with Gasteiger partial charge in [0.05, 0.1) is 22.6 Å². The summed E-state index contributed by atoms with van der Waals surface area (Å²) in [5, 5.41) is 23.6. The van der Waals surface area contributed by atoms with Crippen LogP contribution in [0.4, 0.5) is 13.2 Å². The first-order valence-electron chi connectivity index (χ1n) is 14.5. The summed E-state index contributed by atoms with van der Waals surface area (Å²) in [6.07, 6.45) is 1.95. The summed E-state index contributed by atoms with van der Waals surface area (Å²) in [5.74, 6) is 0.651. The van der Waals surface area contributed by atoms with Gasteiger partial charge in [-0.15, -0.1) is 0 Å². The Morgan fingerprint density at radius 1 is 1.24 bits per heavy atom. The minimum atomic E-state index is -4.47. The van der Waals surface area contributed by atoms with Crippen molar-refractivity contribution >= 4 is 12.0 Å². The Balaban J connectivity index is 1.24. The zero-order chi connectivity index (χ0) is 28.9. The van der Waals surface area contributed by atoms with Crippen LogP contribution in [0.25, 0.3) is 6.08 Å². The largest absolute Gasteiger partial charge is 0.504 e. The number of aromatic hydroxyl groups is 1. The van der Waals surface area contributed by atoms with Gasteiger partial charge in [-0.25, -0.2) is 0 Å². The van der Waals surface area contributed by atoms with Gasteiger partial charge in [-0.2, -0.15) is 13.2 Å². The highest BCUT2D eigenvalue weighted by Gasteiger charge is 2.74. The fourth-order valence-corrected chi connectivity index (χ4v) is 8.56. The maximum absolute atomic E-state index is 13.5. The fraction of sp³-hybridized carbons (Fsp3) is 0.531. The van der Waals surface area contributed by atoms with Gasteiger partial charge in [-0.3, -0.25) is 9.69 Å². The normalized spacial score (nSPS) is 33.9. The molecule has 0 radical (unpaired) electrons. The number of hydrogen-bond acceptors (Lipinski definition) is 5. The molecule has 2 heterocycles. The SMILES string of the molecule is C[C@H]1C[C@@]2(O)[C@H]3Cc4ccc(O)c5c4[C@@]2(CCN3CC2CC2)[C@@H](O5)[C@H]1N(C)C(=O)C=Cc1cccc(C(F)(F)F)c1. The highest BCUT2D eigenvalue weighted by molar-refractivity contribution is 5.92. The van der Waals surface area contributed by atoms with Gasteiger partial charge in [0.2, 0.25) is 5.91 Å². The van der Waals surface area contributed by atoms with Gasteiger partial charge in [-0.05, 0) is 85.9 Å². The van der Waals surface area contributed by atoms with E-state index in [1.54, 1.807) is 18.0 Å². The molecule has 9 heteroatoms. The number of alkyl halides is 3. The first-order chi connectivity index (χ1) is 19.4. The molecule has 2 saturated carbocycles. The molecule has 6 atom stereocenters. The van der Waals surface area contributed by atoms with Gasteiger partial charge in [0, 0.05) is 31.3 Å². The molecule has 2 N–H and O–H groups in total. The van der Waals surface area contributed by atoms with Crippen LogP contribution in [0.2, 0.25) is 0 Å². The van der Waals surface area contributed by atoms with Gasteiger partial charge in [-0.1, -0.05) is 25.1 Å². The van der Waals surface area contributed by atoms with Crippen LogP contribution < -0.4 is 4.74 Å². The predicted molar refractivity (Wildman–Crippen MR) is 146 cm³/mol. The average Bonchev–Trinajstić information content (AvgIpc) is 3.67. The molecule has 2 aliphatic heterocycles. The lowest BCUT2D eigenvalue weighted by atomic mass is 9.46. The Bertz CT molecular complexity index is 1440.